The normalized spacial score (nSPS) is 15.8. The Morgan fingerprint density at radius 1 is 1.30 bits per heavy atom. The van der Waals surface area contributed by atoms with Crippen molar-refractivity contribution in [1.82, 2.24) is 0 Å². The van der Waals surface area contributed by atoms with Crippen molar-refractivity contribution in [3.8, 4) is 0 Å². The third kappa shape index (κ3) is 1.80. The molecular formula is C8H8IN. The van der Waals surface area contributed by atoms with Crippen LogP contribution in [0.1, 0.15) is 6.92 Å². The monoisotopic (exact) mass is 245 g/mol. The van der Waals surface area contributed by atoms with Crippen molar-refractivity contribution < 1.29 is 0 Å². The van der Waals surface area contributed by atoms with Crippen LogP contribution in [0.3, 0.4) is 0 Å². The van der Waals surface area contributed by atoms with Gasteiger partial charge in [-0.2, -0.15) is 0 Å². The fourth-order valence-corrected chi connectivity index (χ4v) is 1.04. The average Bonchev–Trinajstić information content (AvgIpc) is 2.05. The second-order valence-electron chi connectivity index (χ2n) is 1.96. The molecule has 0 spiro atoms. The van der Waals surface area contributed by atoms with Crippen molar-refractivity contribution >= 4 is 28.6 Å². The molecular weight excluding hydrogens is 237 g/mol. The molecule has 0 radical (unpaired) electrons. The van der Waals surface area contributed by atoms with Crippen molar-refractivity contribution in [2.45, 2.75) is 6.92 Å². The van der Waals surface area contributed by atoms with Crippen LogP contribution in [0.25, 0.3) is 0 Å². The van der Waals surface area contributed by atoms with Crippen LogP contribution in [-0.4, -0.2) is 5.71 Å². The number of hydrogen-bond donors (Lipinski definition) is 0. The van der Waals surface area contributed by atoms with E-state index in [-0.39, 0.29) is 0 Å². The van der Waals surface area contributed by atoms with Gasteiger partial charge in [0.05, 0.1) is 28.6 Å². The summed E-state index contributed by atoms with van der Waals surface area (Å²) in [7, 11) is 0. The second kappa shape index (κ2) is 3.71. The number of allylic oxidation sites excluding steroid dienone is 6. The summed E-state index contributed by atoms with van der Waals surface area (Å²) in [4.78, 5) is 0. The molecule has 0 fully saturated rings. The minimum absolute atomic E-state index is 1.02. The van der Waals surface area contributed by atoms with Gasteiger partial charge < -0.3 is 0 Å². The summed E-state index contributed by atoms with van der Waals surface area (Å²) < 4.78 is 4.00. The van der Waals surface area contributed by atoms with Gasteiger partial charge in [-0.3, -0.25) is 0 Å². The molecule has 1 nitrogen and oxygen atoms in total. The Kier molecular flexibility index (Phi) is 2.86. The number of hydrogen-bond acceptors (Lipinski definition) is 1. The highest BCUT2D eigenvalue weighted by atomic mass is 127. The van der Waals surface area contributed by atoms with Crippen LogP contribution in [0.5, 0.6) is 0 Å². The summed E-state index contributed by atoms with van der Waals surface area (Å²) in [5, 5.41) is 0. The lowest BCUT2D eigenvalue weighted by atomic mass is 10.1. The molecule has 0 N–H and O–H groups in total. The first-order valence-electron chi connectivity index (χ1n) is 3.08. The zero-order chi connectivity index (χ0) is 7.40. The summed E-state index contributed by atoms with van der Waals surface area (Å²) in [6.45, 7) is 2.02. The highest BCUT2D eigenvalue weighted by Crippen LogP contribution is 2.07. The molecule has 0 atom stereocenters. The van der Waals surface area contributed by atoms with Gasteiger partial charge in [0.15, 0.2) is 0 Å². The van der Waals surface area contributed by atoms with Gasteiger partial charge in [-0.25, -0.2) is 3.21 Å². The summed E-state index contributed by atoms with van der Waals surface area (Å²) in [6.07, 6.45) is 10.2. The summed E-state index contributed by atoms with van der Waals surface area (Å²) in [5.74, 6) is 0. The largest absolute Gasteiger partial charge is 0.215 e. The smallest absolute Gasteiger partial charge is 0.0838 e. The molecule has 0 saturated heterocycles. The van der Waals surface area contributed by atoms with E-state index in [9.17, 15) is 0 Å². The molecule has 0 heterocycles. The Balaban J connectivity index is 2.81. The Morgan fingerprint density at radius 3 is 2.30 bits per heavy atom. The topological polar surface area (TPSA) is 12.4 Å². The first-order valence-corrected chi connectivity index (χ1v) is 4.04. The van der Waals surface area contributed by atoms with Crippen molar-refractivity contribution in [2.24, 2.45) is 3.21 Å². The first kappa shape index (κ1) is 7.72. The van der Waals surface area contributed by atoms with Gasteiger partial charge in [-0.1, -0.05) is 18.2 Å². The third-order valence-corrected chi connectivity index (χ3v) is 1.88. The van der Waals surface area contributed by atoms with Gasteiger partial charge in [0.2, 0.25) is 0 Å². The molecule has 10 heavy (non-hydrogen) atoms. The molecule has 2 heteroatoms. The van der Waals surface area contributed by atoms with Crippen molar-refractivity contribution in [2.75, 3.05) is 0 Å². The first-order chi connectivity index (χ1) is 4.86. The molecule has 0 aromatic rings. The third-order valence-electron chi connectivity index (χ3n) is 1.32. The molecule has 0 aromatic carbocycles. The van der Waals surface area contributed by atoms with E-state index in [2.05, 4.69) is 21.4 Å². The van der Waals surface area contributed by atoms with Gasteiger partial charge in [0, 0.05) is 0 Å². The molecule has 0 unspecified atom stereocenters. The van der Waals surface area contributed by atoms with Crippen molar-refractivity contribution in [3.63, 3.8) is 0 Å². The fraction of sp³-hybridized carbons (Fsp3) is 0.125. The number of nitrogens with zero attached hydrogens (tertiary/aromatic N) is 1. The summed E-state index contributed by atoms with van der Waals surface area (Å²) in [5.41, 5.74) is 2.26. The molecule has 52 valence electrons. The minimum Gasteiger partial charge on any atom is -0.215 e. The zero-order valence-corrected chi connectivity index (χ0v) is 7.87. The minimum atomic E-state index is 1.02. The summed E-state index contributed by atoms with van der Waals surface area (Å²) in [6, 6.07) is 0. The van der Waals surface area contributed by atoms with E-state index in [1.54, 1.807) is 0 Å². The Morgan fingerprint density at radius 2 is 1.90 bits per heavy atom. The Labute approximate surface area is 74.7 Å². The van der Waals surface area contributed by atoms with Crippen molar-refractivity contribution in [1.29, 1.82) is 0 Å². The quantitative estimate of drug-likeness (QED) is 0.582. The van der Waals surface area contributed by atoms with Gasteiger partial charge in [0.1, 0.15) is 0 Å². The van der Waals surface area contributed by atoms with Gasteiger partial charge >= 0.3 is 0 Å². The van der Waals surface area contributed by atoms with Crippen LogP contribution in [0.2, 0.25) is 0 Å². The predicted molar refractivity (Wildman–Crippen MR) is 53.5 cm³/mol. The Hall–Kier alpha value is -0.380. The van der Waals surface area contributed by atoms with Crippen LogP contribution in [0.4, 0.5) is 0 Å². The molecule has 0 aliphatic heterocycles. The van der Waals surface area contributed by atoms with E-state index in [0.717, 1.165) is 5.71 Å². The van der Waals surface area contributed by atoms with Crippen LogP contribution in [-0.2, 0) is 0 Å². The molecule has 1 aliphatic rings. The lowest BCUT2D eigenvalue weighted by Gasteiger charge is -1.98. The maximum atomic E-state index is 4.00. The number of rotatable bonds is 0. The van der Waals surface area contributed by atoms with Crippen molar-refractivity contribution in [3.05, 3.63) is 36.0 Å². The average molecular weight is 245 g/mol. The predicted octanol–water partition coefficient (Wildman–Crippen LogP) is 2.85. The lowest BCUT2D eigenvalue weighted by molar-refractivity contribution is 1.59. The standard InChI is InChI=1S/C8H8IN/c1-2-7-3-5-8(10-9)6-4-7/h2-6H,1H3. The van der Waals surface area contributed by atoms with Gasteiger partial charge in [-0.05, 0) is 24.6 Å². The van der Waals surface area contributed by atoms with Gasteiger partial charge in [0.25, 0.3) is 0 Å². The van der Waals surface area contributed by atoms with E-state index < -0.39 is 0 Å². The zero-order valence-electron chi connectivity index (χ0n) is 5.71. The summed E-state index contributed by atoms with van der Waals surface area (Å²) >= 11 is 1.99. The van der Waals surface area contributed by atoms with Gasteiger partial charge in [-0.15, -0.1) is 0 Å². The Bertz CT molecular complexity index is 192. The highest BCUT2D eigenvalue weighted by Gasteiger charge is 1.93. The second-order valence-corrected chi connectivity index (χ2v) is 2.45. The van der Waals surface area contributed by atoms with E-state index in [0.29, 0.717) is 0 Å². The lowest BCUT2D eigenvalue weighted by Crippen LogP contribution is -1.90. The molecule has 1 rings (SSSR count). The number of halogens is 1. The molecule has 0 bridgehead atoms. The molecule has 0 aromatic heterocycles. The molecule has 0 saturated carbocycles. The van der Waals surface area contributed by atoms with Crippen LogP contribution < -0.4 is 0 Å². The maximum Gasteiger partial charge on any atom is 0.0838 e. The van der Waals surface area contributed by atoms with E-state index in [1.807, 2.05) is 41.9 Å². The highest BCUT2D eigenvalue weighted by molar-refractivity contribution is 14.1. The van der Waals surface area contributed by atoms with Crippen LogP contribution >= 0.6 is 22.9 Å². The van der Waals surface area contributed by atoms with Crippen LogP contribution in [0.15, 0.2) is 39.2 Å². The molecule has 1 aliphatic carbocycles. The fourth-order valence-electron chi connectivity index (χ4n) is 0.723. The molecule has 0 amide bonds. The van der Waals surface area contributed by atoms with Crippen LogP contribution in [0, 0.1) is 0 Å². The SMILES string of the molecule is CC=C1C=CC(=NI)C=C1. The maximum absolute atomic E-state index is 4.00. The van der Waals surface area contributed by atoms with E-state index in [4.69, 9.17) is 0 Å². The van der Waals surface area contributed by atoms with E-state index in [1.165, 1.54) is 5.57 Å². The van der Waals surface area contributed by atoms with E-state index >= 15 is 0 Å².